The molecule has 3 N–H and O–H groups in total. The zero-order chi connectivity index (χ0) is 14.9. The molecule has 0 spiro atoms. The van der Waals surface area contributed by atoms with Gasteiger partial charge in [0.15, 0.2) is 0 Å². The quantitative estimate of drug-likeness (QED) is 0.876. The fraction of sp³-hybridized carbons (Fsp3) is 0.400. The molecule has 0 saturated carbocycles. The molecule has 2 rings (SSSR count). The van der Waals surface area contributed by atoms with Crippen LogP contribution in [0.15, 0.2) is 18.2 Å². The SMILES string of the molecule is CCC(C)(CC)NC(=O)c1sc2ccc(Cl)cc2c1N. The number of thiophene rings is 1. The summed E-state index contributed by atoms with van der Waals surface area (Å²) in [6.45, 7) is 6.18. The van der Waals surface area contributed by atoms with Crippen molar-refractivity contribution < 1.29 is 4.79 Å². The van der Waals surface area contributed by atoms with Gasteiger partial charge in [-0.05, 0) is 38.0 Å². The van der Waals surface area contributed by atoms with Gasteiger partial charge in [-0.3, -0.25) is 4.79 Å². The first kappa shape index (κ1) is 15.1. The molecule has 0 bridgehead atoms. The van der Waals surface area contributed by atoms with E-state index in [1.165, 1.54) is 11.3 Å². The van der Waals surface area contributed by atoms with E-state index in [0.717, 1.165) is 22.9 Å². The molecule has 0 aliphatic heterocycles. The zero-order valence-electron chi connectivity index (χ0n) is 11.9. The normalized spacial score (nSPS) is 11.8. The van der Waals surface area contributed by atoms with E-state index in [2.05, 4.69) is 19.2 Å². The molecule has 0 fully saturated rings. The van der Waals surface area contributed by atoms with Crippen LogP contribution in [0.4, 0.5) is 5.69 Å². The summed E-state index contributed by atoms with van der Waals surface area (Å²) in [5.41, 5.74) is 6.42. The summed E-state index contributed by atoms with van der Waals surface area (Å²) in [5.74, 6) is -0.106. The highest BCUT2D eigenvalue weighted by molar-refractivity contribution is 7.21. The van der Waals surface area contributed by atoms with Crippen molar-refractivity contribution in [1.82, 2.24) is 5.32 Å². The molecular formula is C15H19ClN2OS. The van der Waals surface area contributed by atoms with Crippen molar-refractivity contribution in [3.8, 4) is 0 Å². The fourth-order valence-electron chi connectivity index (χ4n) is 2.02. The van der Waals surface area contributed by atoms with Crippen molar-refractivity contribution in [2.45, 2.75) is 39.2 Å². The summed E-state index contributed by atoms with van der Waals surface area (Å²) in [5, 5.41) is 4.56. The highest BCUT2D eigenvalue weighted by Crippen LogP contribution is 2.35. The molecule has 5 heteroatoms. The predicted molar refractivity (Wildman–Crippen MR) is 87.7 cm³/mol. The number of halogens is 1. The van der Waals surface area contributed by atoms with Crippen molar-refractivity contribution in [2.75, 3.05) is 5.73 Å². The van der Waals surface area contributed by atoms with Gasteiger partial charge in [0, 0.05) is 20.6 Å². The second kappa shape index (κ2) is 5.62. The van der Waals surface area contributed by atoms with E-state index in [9.17, 15) is 4.79 Å². The van der Waals surface area contributed by atoms with Gasteiger partial charge in [-0.1, -0.05) is 25.4 Å². The Morgan fingerprint density at radius 2 is 2.05 bits per heavy atom. The molecule has 0 aliphatic rings. The van der Waals surface area contributed by atoms with Crippen molar-refractivity contribution >= 4 is 44.6 Å². The number of nitrogens with two attached hydrogens (primary N) is 1. The average Bonchev–Trinajstić information content (AvgIpc) is 2.76. The van der Waals surface area contributed by atoms with E-state index in [1.54, 1.807) is 6.07 Å². The Morgan fingerprint density at radius 1 is 1.40 bits per heavy atom. The molecule has 2 aromatic rings. The smallest absolute Gasteiger partial charge is 0.263 e. The maximum atomic E-state index is 12.4. The highest BCUT2D eigenvalue weighted by Gasteiger charge is 2.25. The van der Waals surface area contributed by atoms with Gasteiger partial charge in [0.1, 0.15) is 4.88 Å². The standard InChI is InChI=1S/C15H19ClN2OS/c1-4-15(3,5-2)18-14(19)13-12(17)10-8-9(16)6-7-11(10)20-13/h6-8H,4-5,17H2,1-3H3,(H,18,19). The molecule has 1 aromatic heterocycles. The second-order valence-corrected chi connectivity index (χ2v) is 6.70. The van der Waals surface area contributed by atoms with Gasteiger partial charge in [-0.25, -0.2) is 0 Å². The summed E-state index contributed by atoms with van der Waals surface area (Å²) in [6.07, 6.45) is 1.76. The molecule has 3 nitrogen and oxygen atoms in total. The molecule has 20 heavy (non-hydrogen) atoms. The third-order valence-electron chi connectivity index (χ3n) is 3.87. The van der Waals surface area contributed by atoms with Crippen molar-refractivity contribution in [3.63, 3.8) is 0 Å². The number of nitrogen functional groups attached to an aromatic ring is 1. The van der Waals surface area contributed by atoms with Gasteiger partial charge in [0.2, 0.25) is 0 Å². The maximum absolute atomic E-state index is 12.4. The lowest BCUT2D eigenvalue weighted by Gasteiger charge is -2.28. The molecule has 0 atom stereocenters. The lowest BCUT2D eigenvalue weighted by molar-refractivity contribution is 0.0906. The lowest BCUT2D eigenvalue weighted by Crippen LogP contribution is -2.44. The first-order valence-electron chi connectivity index (χ1n) is 6.70. The lowest BCUT2D eigenvalue weighted by atomic mass is 9.95. The summed E-state index contributed by atoms with van der Waals surface area (Å²) >= 11 is 7.39. The van der Waals surface area contributed by atoms with Crippen LogP contribution in [-0.2, 0) is 0 Å². The van der Waals surface area contributed by atoms with Crippen LogP contribution in [0.1, 0.15) is 43.3 Å². The fourth-order valence-corrected chi connectivity index (χ4v) is 3.19. The Kier molecular flexibility index (Phi) is 4.25. The Labute approximate surface area is 128 Å². The molecule has 0 unspecified atom stereocenters. The number of carbonyl (C=O) groups is 1. The first-order chi connectivity index (χ1) is 9.40. The van der Waals surface area contributed by atoms with Crippen LogP contribution in [0, 0.1) is 0 Å². The van der Waals surface area contributed by atoms with Gasteiger partial charge in [-0.15, -0.1) is 11.3 Å². The van der Waals surface area contributed by atoms with E-state index in [-0.39, 0.29) is 11.4 Å². The highest BCUT2D eigenvalue weighted by atomic mass is 35.5. The van der Waals surface area contributed by atoms with Crippen molar-refractivity contribution in [1.29, 1.82) is 0 Å². The Balaban J connectivity index is 2.38. The van der Waals surface area contributed by atoms with Crippen molar-refractivity contribution in [2.24, 2.45) is 0 Å². The van der Waals surface area contributed by atoms with Gasteiger partial charge in [0.25, 0.3) is 5.91 Å². The molecule has 1 amide bonds. The minimum atomic E-state index is -0.197. The number of amides is 1. The minimum absolute atomic E-state index is 0.106. The third-order valence-corrected chi connectivity index (χ3v) is 5.29. The zero-order valence-corrected chi connectivity index (χ0v) is 13.5. The molecule has 0 saturated heterocycles. The topological polar surface area (TPSA) is 55.1 Å². The summed E-state index contributed by atoms with van der Waals surface area (Å²) in [7, 11) is 0. The van der Waals surface area contributed by atoms with Crippen LogP contribution in [0.5, 0.6) is 0 Å². The van der Waals surface area contributed by atoms with E-state index in [0.29, 0.717) is 15.6 Å². The molecular weight excluding hydrogens is 292 g/mol. The van der Waals surface area contributed by atoms with Crippen LogP contribution in [0.2, 0.25) is 5.02 Å². The Bertz CT molecular complexity index is 647. The van der Waals surface area contributed by atoms with Crippen LogP contribution in [0.25, 0.3) is 10.1 Å². The Hall–Kier alpha value is -1.26. The van der Waals surface area contributed by atoms with Gasteiger partial charge in [-0.2, -0.15) is 0 Å². The largest absolute Gasteiger partial charge is 0.397 e. The number of rotatable bonds is 4. The van der Waals surface area contributed by atoms with Gasteiger partial charge in [0.05, 0.1) is 5.69 Å². The monoisotopic (exact) mass is 310 g/mol. The van der Waals surface area contributed by atoms with Crippen LogP contribution < -0.4 is 11.1 Å². The molecule has 1 heterocycles. The molecule has 1 aromatic carbocycles. The van der Waals surface area contributed by atoms with Crippen molar-refractivity contribution in [3.05, 3.63) is 28.1 Å². The number of fused-ring (bicyclic) bond motifs is 1. The first-order valence-corrected chi connectivity index (χ1v) is 7.89. The van der Waals surface area contributed by atoms with E-state index < -0.39 is 0 Å². The number of anilines is 1. The summed E-state index contributed by atoms with van der Waals surface area (Å²) < 4.78 is 0.978. The van der Waals surface area contributed by atoms with Crippen LogP contribution in [-0.4, -0.2) is 11.4 Å². The van der Waals surface area contributed by atoms with Gasteiger partial charge < -0.3 is 11.1 Å². The van der Waals surface area contributed by atoms with Crippen LogP contribution in [0.3, 0.4) is 0 Å². The Morgan fingerprint density at radius 3 is 2.65 bits per heavy atom. The average molecular weight is 311 g/mol. The van der Waals surface area contributed by atoms with E-state index >= 15 is 0 Å². The summed E-state index contributed by atoms with van der Waals surface area (Å²) in [4.78, 5) is 13.0. The minimum Gasteiger partial charge on any atom is -0.397 e. The third kappa shape index (κ3) is 2.76. The van der Waals surface area contributed by atoms with Gasteiger partial charge >= 0.3 is 0 Å². The van der Waals surface area contributed by atoms with Crippen LogP contribution >= 0.6 is 22.9 Å². The summed E-state index contributed by atoms with van der Waals surface area (Å²) in [6, 6.07) is 5.51. The molecule has 0 radical (unpaired) electrons. The number of nitrogens with one attached hydrogen (secondary N) is 1. The predicted octanol–water partition coefficient (Wildman–Crippen LogP) is 4.45. The number of benzene rings is 1. The number of hydrogen-bond donors (Lipinski definition) is 2. The molecule has 108 valence electrons. The van der Waals surface area contributed by atoms with E-state index in [4.69, 9.17) is 17.3 Å². The molecule has 0 aliphatic carbocycles. The second-order valence-electron chi connectivity index (χ2n) is 5.21. The number of hydrogen-bond acceptors (Lipinski definition) is 3. The number of carbonyl (C=O) groups excluding carboxylic acids is 1. The van der Waals surface area contributed by atoms with E-state index in [1.807, 2.05) is 19.1 Å². The maximum Gasteiger partial charge on any atom is 0.263 e.